The van der Waals surface area contributed by atoms with Crippen LogP contribution in [0.25, 0.3) is 11.1 Å². The van der Waals surface area contributed by atoms with Crippen LogP contribution in [0, 0.1) is 13.8 Å². The predicted molar refractivity (Wildman–Crippen MR) is 218 cm³/mol. The summed E-state index contributed by atoms with van der Waals surface area (Å²) in [5.74, 6) is 0. The maximum absolute atomic E-state index is 6.54. The molecule has 0 amide bonds. The first kappa shape index (κ1) is 44.2. The number of aryl methyl sites for hydroxylation is 1. The Balaban J connectivity index is 0.00000302. The Bertz CT molecular complexity index is 2050. The third-order valence-electron chi connectivity index (χ3n) is 9.97. The zero-order valence-corrected chi connectivity index (χ0v) is 39.0. The van der Waals surface area contributed by atoms with Gasteiger partial charge in [0, 0.05) is 0 Å². The summed E-state index contributed by atoms with van der Waals surface area (Å²) in [7, 11) is 0. The molecule has 274 valence electrons. The molecular formula is C43H42Cl8Zr. The molecule has 0 aliphatic heterocycles. The molecular weight excluding hydrogens is 891 g/mol. The van der Waals surface area contributed by atoms with E-state index in [0.29, 0.717) is 11.1 Å². The molecule has 4 aromatic carbocycles. The number of hydrogen-bond donors (Lipinski definition) is 0. The first-order chi connectivity index (χ1) is 23.2. The molecule has 0 bridgehead atoms. The smallest absolute Gasteiger partial charge is 1.00 e. The second kappa shape index (κ2) is 16.1. The third kappa shape index (κ3) is 8.86. The van der Waals surface area contributed by atoms with Crippen molar-refractivity contribution in [2.45, 2.75) is 86.6 Å². The Morgan fingerprint density at radius 1 is 0.654 bits per heavy atom. The molecule has 4 aromatic rings. The topological polar surface area (TPSA) is 0 Å². The van der Waals surface area contributed by atoms with Gasteiger partial charge in [-0.15, -0.1) is 0 Å². The van der Waals surface area contributed by atoms with Crippen molar-refractivity contribution < 1.29 is 46.1 Å². The van der Waals surface area contributed by atoms with Crippen molar-refractivity contribution in [3.63, 3.8) is 0 Å². The number of hydrogen-bond acceptors (Lipinski definition) is 0. The van der Waals surface area contributed by atoms with Crippen LogP contribution in [0.3, 0.4) is 0 Å². The first-order valence-corrected chi connectivity index (χ1v) is 22.9. The van der Waals surface area contributed by atoms with E-state index in [-0.39, 0.29) is 35.6 Å². The Morgan fingerprint density at radius 3 is 1.63 bits per heavy atom. The van der Waals surface area contributed by atoms with Crippen molar-refractivity contribution in [1.29, 1.82) is 0 Å². The molecule has 6 rings (SSSR count). The van der Waals surface area contributed by atoms with Crippen LogP contribution in [0.4, 0.5) is 0 Å². The summed E-state index contributed by atoms with van der Waals surface area (Å²) in [6.45, 7) is 18.5. The van der Waals surface area contributed by atoms with Crippen LogP contribution in [-0.2, 0) is 46.1 Å². The van der Waals surface area contributed by atoms with Crippen molar-refractivity contribution in [2.24, 2.45) is 0 Å². The zero-order chi connectivity index (χ0) is 36.6. The monoisotopic (exact) mass is 928 g/mol. The van der Waals surface area contributed by atoms with Gasteiger partial charge in [-0.05, 0) is 0 Å². The number of halogens is 8. The van der Waals surface area contributed by atoms with Gasteiger partial charge in [-0.2, -0.15) is 0 Å². The number of rotatable bonds is 4. The average molecular weight is 934 g/mol. The second-order valence-electron chi connectivity index (χ2n) is 15.7. The van der Waals surface area contributed by atoms with Crippen LogP contribution < -0.4 is 28.1 Å². The minimum absolute atomic E-state index is 0. The van der Waals surface area contributed by atoms with Gasteiger partial charge in [0.15, 0.2) is 0 Å². The SMILES string of the molecule is Cc1cc2c(cc1C(C)(C)C)-c1cc(C(C)(C)C)c(C)[c]([Zr+2]([C]3=CC=CC3)=[C](c3cccc(C(Cl)(Cl)Cl)c3)c3cccc(C(Cl)(Cl)Cl)c3)c1C2.[Cl-].[Cl-]. The van der Waals surface area contributed by atoms with Gasteiger partial charge in [-0.25, -0.2) is 0 Å². The summed E-state index contributed by atoms with van der Waals surface area (Å²) >= 11 is 36.0. The van der Waals surface area contributed by atoms with Gasteiger partial charge in [0.25, 0.3) is 0 Å². The summed E-state index contributed by atoms with van der Waals surface area (Å²) in [6, 6.07) is 23.5. The standard InChI is InChI=1S/C23H29.C15H8Cl6.C5H5.2ClH.Zr/c1-14-9-16-11-17-10-15(2)21(23(6,7)8)13-19(17)18(16)12-20(14)22(3,4)5;16-14(17,18)12-5-1-3-10(8-12)7-11-4-2-6-13(9-11)15(19,20)21;1-2-4-5-3-1;;;/h9,12-13H,11H2,1-8H3;1-6,8-9H;1-3H,4H2;2*1H;/q;;;;;+2/p-2. The molecule has 52 heavy (non-hydrogen) atoms. The summed E-state index contributed by atoms with van der Waals surface area (Å²) in [5, 5.41) is 0. The van der Waals surface area contributed by atoms with Crippen molar-refractivity contribution in [2.75, 3.05) is 0 Å². The molecule has 0 radical (unpaired) electrons. The van der Waals surface area contributed by atoms with Crippen molar-refractivity contribution in [3.8, 4) is 11.1 Å². The van der Waals surface area contributed by atoms with Gasteiger partial charge in [0.2, 0.25) is 0 Å². The Kier molecular flexibility index (Phi) is 13.7. The molecule has 0 fully saturated rings. The molecule has 0 atom stereocenters. The summed E-state index contributed by atoms with van der Waals surface area (Å²) < 4.78 is 1.12. The van der Waals surface area contributed by atoms with E-state index in [2.05, 4.69) is 104 Å². The summed E-state index contributed by atoms with van der Waals surface area (Å²) in [5.41, 5.74) is 14.4. The molecule has 0 saturated heterocycles. The Labute approximate surface area is 360 Å². The van der Waals surface area contributed by atoms with Gasteiger partial charge in [0.1, 0.15) is 0 Å². The van der Waals surface area contributed by atoms with E-state index in [9.17, 15) is 0 Å². The van der Waals surface area contributed by atoms with E-state index in [0.717, 1.165) is 24.0 Å². The van der Waals surface area contributed by atoms with Crippen molar-refractivity contribution in [3.05, 3.63) is 144 Å². The minimum atomic E-state index is -3.17. The number of fused-ring (bicyclic) bond motifs is 3. The molecule has 0 N–H and O–H groups in total. The van der Waals surface area contributed by atoms with Crippen LogP contribution in [0.2, 0.25) is 0 Å². The maximum Gasteiger partial charge on any atom is -1.00 e. The van der Waals surface area contributed by atoms with Crippen LogP contribution in [-0.4, -0.2) is 3.21 Å². The Morgan fingerprint density at radius 2 is 1.17 bits per heavy atom. The van der Waals surface area contributed by atoms with E-state index in [1.54, 1.807) is 0 Å². The van der Waals surface area contributed by atoms with Gasteiger partial charge in [0.05, 0.1) is 0 Å². The van der Waals surface area contributed by atoms with E-state index in [1.807, 2.05) is 36.4 Å². The molecule has 0 unspecified atom stereocenters. The molecule has 0 spiro atoms. The van der Waals surface area contributed by atoms with E-state index < -0.39 is 28.9 Å². The molecule has 0 aromatic heterocycles. The van der Waals surface area contributed by atoms with Crippen molar-refractivity contribution in [1.82, 2.24) is 0 Å². The quantitative estimate of drug-likeness (QED) is 0.164. The second-order valence-corrected chi connectivity index (χ2v) is 26.1. The fraction of sp³-hybridized carbons (Fsp3) is 0.326. The molecule has 9 heteroatoms. The average Bonchev–Trinajstić information content (AvgIpc) is 3.66. The van der Waals surface area contributed by atoms with E-state index in [4.69, 9.17) is 69.6 Å². The van der Waals surface area contributed by atoms with E-state index in [1.165, 1.54) is 54.3 Å². The molecule has 0 heterocycles. The number of benzene rings is 4. The molecule has 2 aliphatic rings. The van der Waals surface area contributed by atoms with Gasteiger partial charge < -0.3 is 24.8 Å². The van der Waals surface area contributed by atoms with Crippen LogP contribution in [0.1, 0.15) is 104 Å². The largest absolute Gasteiger partial charge is 1.00 e. The van der Waals surface area contributed by atoms with Gasteiger partial charge in [-0.3, -0.25) is 0 Å². The van der Waals surface area contributed by atoms with Crippen LogP contribution in [0.15, 0.2) is 88.2 Å². The predicted octanol–water partition coefficient (Wildman–Crippen LogP) is 7.49. The molecule has 2 aliphatic carbocycles. The maximum atomic E-state index is 6.54. The zero-order valence-electron chi connectivity index (χ0n) is 30.5. The third-order valence-corrected chi connectivity index (χ3v) is 19.3. The van der Waals surface area contributed by atoms with Crippen LogP contribution in [0.5, 0.6) is 0 Å². The van der Waals surface area contributed by atoms with Crippen LogP contribution >= 0.6 is 69.6 Å². The Hall–Kier alpha value is -0.567. The molecule has 0 nitrogen and oxygen atoms in total. The van der Waals surface area contributed by atoms with Gasteiger partial charge >= 0.3 is 339 Å². The first-order valence-electron chi connectivity index (χ1n) is 16.9. The number of allylic oxidation sites excluding steroid dienone is 4. The number of alkyl halides is 6. The fourth-order valence-corrected chi connectivity index (χ4v) is 16.8. The fourth-order valence-electron chi connectivity index (χ4n) is 7.78. The minimum Gasteiger partial charge on any atom is -1.00 e. The van der Waals surface area contributed by atoms with E-state index >= 15 is 0 Å². The molecule has 0 saturated carbocycles. The summed E-state index contributed by atoms with van der Waals surface area (Å²) in [6.07, 6.45) is 8.64. The van der Waals surface area contributed by atoms with Gasteiger partial charge in [-0.1, -0.05) is 0 Å². The summed E-state index contributed by atoms with van der Waals surface area (Å²) in [4.78, 5) is 0. The van der Waals surface area contributed by atoms with Crippen molar-refractivity contribution >= 4 is 76.1 Å². The normalized spacial score (nSPS) is 13.8.